The van der Waals surface area contributed by atoms with Gasteiger partial charge in [-0.1, -0.05) is 35.9 Å². The SMILES string of the molecule is Cc1cccc(C2CC=CC(=O)O2)c1. The Morgan fingerprint density at radius 1 is 1.43 bits per heavy atom. The van der Waals surface area contributed by atoms with Crippen molar-refractivity contribution in [2.75, 3.05) is 0 Å². The van der Waals surface area contributed by atoms with Gasteiger partial charge in [0.2, 0.25) is 0 Å². The second-order valence-electron chi connectivity index (χ2n) is 3.48. The van der Waals surface area contributed by atoms with Gasteiger partial charge in [0, 0.05) is 12.5 Å². The minimum Gasteiger partial charge on any atom is -0.454 e. The number of rotatable bonds is 1. The molecule has 0 N–H and O–H groups in total. The first-order valence-corrected chi connectivity index (χ1v) is 4.69. The summed E-state index contributed by atoms with van der Waals surface area (Å²) in [4.78, 5) is 11.0. The Bertz CT molecular complexity index is 380. The number of hydrogen-bond donors (Lipinski definition) is 0. The van der Waals surface area contributed by atoms with E-state index in [0.717, 1.165) is 12.0 Å². The van der Waals surface area contributed by atoms with Gasteiger partial charge >= 0.3 is 5.97 Å². The summed E-state index contributed by atoms with van der Waals surface area (Å²) < 4.78 is 5.20. The van der Waals surface area contributed by atoms with Gasteiger partial charge in [-0.3, -0.25) is 0 Å². The number of aryl methyl sites for hydroxylation is 1. The van der Waals surface area contributed by atoms with E-state index in [9.17, 15) is 4.79 Å². The van der Waals surface area contributed by atoms with E-state index in [2.05, 4.69) is 6.07 Å². The molecular weight excluding hydrogens is 176 g/mol. The molecule has 1 aliphatic heterocycles. The topological polar surface area (TPSA) is 26.3 Å². The number of hydrogen-bond acceptors (Lipinski definition) is 2. The Morgan fingerprint density at radius 2 is 2.29 bits per heavy atom. The molecule has 2 nitrogen and oxygen atoms in total. The molecule has 0 spiro atoms. The van der Waals surface area contributed by atoms with Gasteiger partial charge in [0.15, 0.2) is 0 Å². The van der Waals surface area contributed by atoms with Crippen LogP contribution in [0, 0.1) is 6.92 Å². The van der Waals surface area contributed by atoms with Gasteiger partial charge in [0.1, 0.15) is 6.10 Å². The smallest absolute Gasteiger partial charge is 0.331 e. The van der Waals surface area contributed by atoms with Crippen molar-refractivity contribution in [3.8, 4) is 0 Å². The first-order valence-electron chi connectivity index (χ1n) is 4.69. The molecule has 0 aromatic heterocycles. The monoisotopic (exact) mass is 188 g/mol. The molecule has 0 saturated carbocycles. The highest BCUT2D eigenvalue weighted by Crippen LogP contribution is 2.25. The van der Waals surface area contributed by atoms with Crippen LogP contribution >= 0.6 is 0 Å². The second kappa shape index (κ2) is 3.66. The van der Waals surface area contributed by atoms with E-state index in [4.69, 9.17) is 4.74 Å². The highest BCUT2D eigenvalue weighted by molar-refractivity contribution is 5.82. The molecule has 0 aliphatic carbocycles. The third-order valence-electron chi connectivity index (χ3n) is 2.28. The molecule has 2 rings (SSSR count). The van der Waals surface area contributed by atoms with Crippen LogP contribution in [0.2, 0.25) is 0 Å². The Kier molecular flexibility index (Phi) is 2.35. The molecule has 0 saturated heterocycles. The maximum atomic E-state index is 11.0. The molecule has 14 heavy (non-hydrogen) atoms. The van der Waals surface area contributed by atoms with Crippen molar-refractivity contribution < 1.29 is 9.53 Å². The molecule has 1 aromatic carbocycles. The van der Waals surface area contributed by atoms with E-state index in [-0.39, 0.29) is 12.1 Å². The van der Waals surface area contributed by atoms with Crippen LogP contribution in [0.3, 0.4) is 0 Å². The summed E-state index contributed by atoms with van der Waals surface area (Å²) in [6.45, 7) is 2.03. The Balaban J connectivity index is 2.23. The highest BCUT2D eigenvalue weighted by Gasteiger charge is 2.17. The summed E-state index contributed by atoms with van der Waals surface area (Å²) in [5.74, 6) is -0.247. The lowest BCUT2D eigenvalue weighted by molar-refractivity contribution is -0.144. The van der Waals surface area contributed by atoms with Crippen LogP contribution in [0.5, 0.6) is 0 Å². The quantitative estimate of drug-likeness (QED) is 0.633. The molecule has 0 bridgehead atoms. The van der Waals surface area contributed by atoms with E-state index in [1.807, 2.05) is 31.2 Å². The minimum absolute atomic E-state index is 0.104. The third-order valence-corrected chi connectivity index (χ3v) is 2.28. The summed E-state index contributed by atoms with van der Waals surface area (Å²) in [6, 6.07) is 8.06. The molecule has 1 unspecified atom stereocenters. The summed E-state index contributed by atoms with van der Waals surface area (Å²) in [5, 5.41) is 0. The van der Waals surface area contributed by atoms with Crippen molar-refractivity contribution in [3.05, 3.63) is 47.5 Å². The number of cyclic esters (lactones) is 1. The first kappa shape index (κ1) is 9.00. The molecule has 2 heteroatoms. The molecule has 1 heterocycles. The number of ether oxygens (including phenoxy) is 1. The van der Waals surface area contributed by atoms with Crippen LogP contribution < -0.4 is 0 Å². The van der Waals surface area contributed by atoms with Crippen molar-refractivity contribution in [2.24, 2.45) is 0 Å². The molecule has 0 amide bonds. The molecule has 0 fully saturated rings. The lowest BCUT2D eigenvalue weighted by Gasteiger charge is -2.19. The fraction of sp³-hybridized carbons (Fsp3) is 0.250. The fourth-order valence-electron chi connectivity index (χ4n) is 1.59. The molecule has 1 aromatic rings. The van der Waals surface area contributed by atoms with E-state index in [0.29, 0.717) is 0 Å². The summed E-state index contributed by atoms with van der Waals surface area (Å²) >= 11 is 0. The van der Waals surface area contributed by atoms with Crippen molar-refractivity contribution >= 4 is 5.97 Å². The van der Waals surface area contributed by atoms with E-state index in [1.165, 1.54) is 11.6 Å². The van der Waals surface area contributed by atoms with E-state index in [1.54, 1.807) is 0 Å². The molecule has 1 atom stereocenters. The normalized spacial score (nSPS) is 20.6. The predicted octanol–water partition coefficient (Wildman–Crippen LogP) is 2.54. The molecular formula is C12H12O2. The zero-order valence-electron chi connectivity index (χ0n) is 8.07. The number of esters is 1. The molecule has 1 aliphatic rings. The standard InChI is InChI=1S/C12H12O2/c1-9-4-2-5-10(8-9)11-6-3-7-12(13)14-11/h2-5,7-8,11H,6H2,1H3. The first-order chi connectivity index (χ1) is 6.75. The second-order valence-corrected chi connectivity index (χ2v) is 3.48. The van der Waals surface area contributed by atoms with Crippen LogP contribution in [0.15, 0.2) is 36.4 Å². The average Bonchev–Trinajstić information content (AvgIpc) is 2.18. The van der Waals surface area contributed by atoms with Gasteiger partial charge in [-0.15, -0.1) is 0 Å². The number of carbonyl (C=O) groups excluding carboxylic acids is 1. The lowest BCUT2D eigenvalue weighted by atomic mass is 10.0. The van der Waals surface area contributed by atoms with Crippen molar-refractivity contribution in [1.82, 2.24) is 0 Å². The largest absolute Gasteiger partial charge is 0.454 e. The Hall–Kier alpha value is -1.57. The van der Waals surface area contributed by atoms with E-state index < -0.39 is 0 Å². The van der Waals surface area contributed by atoms with Crippen LogP contribution in [0.25, 0.3) is 0 Å². The zero-order valence-corrected chi connectivity index (χ0v) is 8.07. The van der Waals surface area contributed by atoms with Gasteiger partial charge in [-0.25, -0.2) is 4.79 Å². The molecule has 0 radical (unpaired) electrons. The summed E-state index contributed by atoms with van der Waals surface area (Å²) in [5.41, 5.74) is 2.26. The van der Waals surface area contributed by atoms with Gasteiger partial charge in [-0.05, 0) is 12.5 Å². The van der Waals surface area contributed by atoms with Gasteiger partial charge in [0.25, 0.3) is 0 Å². The van der Waals surface area contributed by atoms with Crippen LogP contribution in [-0.4, -0.2) is 5.97 Å². The summed E-state index contributed by atoms with van der Waals surface area (Å²) in [7, 11) is 0. The van der Waals surface area contributed by atoms with E-state index >= 15 is 0 Å². The zero-order chi connectivity index (χ0) is 9.97. The van der Waals surface area contributed by atoms with Crippen LogP contribution in [0.1, 0.15) is 23.7 Å². The Labute approximate surface area is 83.2 Å². The lowest BCUT2D eigenvalue weighted by Crippen LogP contribution is -2.12. The maximum absolute atomic E-state index is 11.0. The van der Waals surface area contributed by atoms with Crippen LogP contribution in [-0.2, 0) is 9.53 Å². The Morgan fingerprint density at radius 3 is 3.00 bits per heavy atom. The number of carbonyl (C=O) groups is 1. The summed E-state index contributed by atoms with van der Waals surface area (Å²) in [6.07, 6.45) is 4.01. The van der Waals surface area contributed by atoms with Crippen molar-refractivity contribution in [1.29, 1.82) is 0 Å². The van der Waals surface area contributed by atoms with Crippen molar-refractivity contribution in [2.45, 2.75) is 19.4 Å². The molecule has 72 valence electrons. The van der Waals surface area contributed by atoms with Gasteiger partial charge in [-0.2, -0.15) is 0 Å². The van der Waals surface area contributed by atoms with Gasteiger partial charge in [0.05, 0.1) is 0 Å². The fourth-order valence-corrected chi connectivity index (χ4v) is 1.59. The highest BCUT2D eigenvalue weighted by atomic mass is 16.5. The maximum Gasteiger partial charge on any atom is 0.331 e. The van der Waals surface area contributed by atoms with Crippen molar-refractivity contribution in [3.63, 3.8) is 0 Å². The van der Waals surface area contributed by atoms with Gasteiger partial charge < -0.3 is 4.74 Å². The van der Waals surface area contributed by atoms with Crippen LogP contribution in [0.4, 0.5) is 0 Å². The minimum atomic E-state index is -0.247. The average molecular weight is 188 g/mol. The predicted molar refractivity (Wildman–Crippen MR) is 53.8 cm³/mol. The third kappa shape index (κ3) is 1.84. The number of benzene rings is 1.